The number of carbonyl (C=O) groups excluding carboxylic acids is 1. The molecule has 28 heavy (non-hydrogen) atoms. The van der Waals surface area contributed by atoms with Crippen molar-refractivity contribution in [1.29, 1.82) is 0 Å². The lowest BCUT2D eigenvalue weighted by Gasteiger charge is -2.35. The molecular formula is C23H31N2O3+. The monoisotopic (exact) mass is 383 g/mol. The highest BCUT2D eigenvalue weighted by molar-refractivity contribution is 5.98. The number of benzene rings is 1. The van der Waals surface area contributed by atoms with Crippen molar-refractivity contribution in [3.05, 3.63) is 46.8 Å². The van der Waals surface area contributed by atoms with Gasteiger partial charge in [0, 0.05) is 23.5 Å². The fourth-order valence-electron chi connectivity index (χ4n) is 4.74. The predicted octanol–water partition coefficient (Wildman–Crippen LogP) is 4.08. The molecule has 0 unspecified atom stereocenters. The first-order valence-corrected chi connectivity index (χ1v) is 10.3. The van der Waals surface area contributed by atoms with Crippen LogP contribution in [0.3, 0.4) is 0 Å². The molecule has 1 aliphatic heterocycles. The van der Waals surface area contributed by atoms with Gasteiger partial charge in [-0.25, -0.2) is 0 Å². The SMILES string of the molecule is Cc1cc(C(=O)C[N+](C)(C)C2CCCC2)c(C)n1Cc1ccc2c(c1)OCO2. The minimum Gasteiger partial charge on any atom is -0.454 e. The third-order valence-corrected chi connectivity index (χ3v) is 6.52. The summed E-state index contributed by atoms with van der Waals surface area (Å²) in [6.45, 7) is 5.71. The molecular weight excluding hydrogens is 352 g/mol. The number of aromatic nitrogens is 1. The van der Waals surface area contributed by atoms with Crippen LogP contribution in [-0.4, -0.2) is 48.3 Å². The van der Waals surface area contributed by atoms with E-state index >= 15 is 0 Å². The van der Waals surface area contributed by atoms with Crippen molar-refractivity contribution in [2.24, 2.45) is 0 Å². The van der Waals surface area contributed by atoms with Crippen molar-refractivity contribution < 1.29 is 18.8 Å². The summed E-state index contributed by atoms with van der Waals surface area (Å²) in [6, 6.07) is 8.72. The standard InChI is InChI=1S/C23H31N2O3/c1-16-11-20(21(26)14-25(3,4)19-7-5-6-8-19)17(2)24(16)13-18-9-10-22-23(12-18)28-15-27-22/h9-12,19H,5-8,13-15H2,1-4H3/q+1. The van der Waals surface area contributed by atoms with Crippen molar-refractivity contribution >= 4 is 5.78 Å². The van der Waals surface area contributed by atoms with Gasteiger partial charge < -0.3 is 18.5 Å². The lowest BCUT2D eigenvalue weighted by Crippen LogP contribution is -2.50. The van der Waals surface area contributed by atoms with E-state index in [1.165, 1.54) is 25.7 Å². The Hall–Kier alpha value is -2.27. The van der Waals surface area contributed by atoms with E-state index in [1.54, 1.807) is 0 Å². The fraction of sp³-hybridized carbons (Fsp3) is 0.522. The summed E-state index contributed by atoms with van der Waals surface area (Å²) in [5.41, 5.74) is 4.17. The van der Waals surface area contributed by atoms with E-state index in [0.29, 0.717) is 12.6 Å². The van der Waals surface area contributed by atoms with Crippen LogP contribution in [0.25, 0.3) is 0 Å². The van der Waals surface area contributed by atoms with E-state index in [-0.39, 0.29) is 12.6 Å². The van der Waals surface area contributed by atoms with E-state index in [1.807, 2.05) is 12.1 Å². The Bertz CT molecular complexity index is 891. The molecule has 2 aromatic rings. The number of nitrogens with zero attached hydrogens (tertiary/aromatic N) is 2. The van der Waals surface area contributed by atoms with Crippen LogP contribution in [0.5, 0.6) is 11.5 Å². The molecule has 1 fully saturated rings. The number of fused-ring (bicyclic) bond motifs is 1. The topological polar surface area (TPSA) is 40.5 Å². The van der Waals surface area contributed by atoms with Crippen LogP contribution in [0.1, 0.15) is 53.0 Å². The number of aryl methyl sites for hydroxylation is 1. The van der Waals surface area contributed by atoms with Crippen LogP contribution in [0.4, 0.5) is 0 Å². The molecule has 1 aromatic carbocycles. The zero-order chi connectivity index (χ0) is 19.9. The minimum absolute atomic E-state index is 0.252. The molecule has 5 nitrogen and oxygen atoms in total. The van der Waals surface area contributed by atoms with Gasteiger partial charge in [-0.3, -0.25) is 4.79 Å². The molecule has 0 amide bonds. The number of ether oxygens (including phenoxy) is 2. The lowest BCUT2D eigenvalue weighted by atomic mass is 10.1. The van der Waals surface area contributed by atoms with Crippen LogP contribution < -0.4 is 9.47 Å². The summed E-state index contributed by atoms with van der Waals surface area (Å²) >= 11 is 0. The molecule has 4 rings (SSSR count). The Morgan fingerprint density at radius 3 is 2.57 bits per heavy atom. The summed E-state index contributed by atoms with van der Waals surface area (Å²) in [5.74, 6) is 1.85. The number of quaternary nitrogens is 1. The second-order valence-electron chi connectivity index (χ2n) is 8.86. The van der Waals surface area contributed by atoms with Crippen molar-refractivity contribution in [3.8, 4) is 11.5 Å². The zero-order valence-electron chi connectivity index (χ0n) is 17.5. The summed E-state index contributed by atoms with van der Waals surface area (Å²) < 4.78 is 13.9. The van der Waals surface area contributed by atoms with Gasteiger partial charge in [-0.15, -0.1) is 0 Å². The third-order valence-electron chi connectivity index (χ3n) is 6.52. The molecule has 1 aromatic heterocycles. The lowest BCUT2D eigenvalue weighted by molar-refractivity contribution is -0.906. The Kier molecular flexibility index (Phi) is 4.96. The Morgan fingerprint density at radius 1 is 1.11 bits per heavy atom. The fourth-order valence-corrected chi connectivity index (χ4v) is 4.74. The number of carbonyl (C=O) groups is 1. The number of rotatable bonds is 6. The number of hydrogen-bond donors (Lipinski definition) is 0. The number of ketones is 1. The van der Waals surface area contributed by atoms with Gasteiger partial charge in [-0.05, 0) is 63.3 Å². The van der Waals surface area contributed by atoms with Gasteiger partial charge in [-0.2, -0.15) is 0 Å². The van der Waals surface area contributed by atoms with Crippen LogP contribution in [0.2, 0.25) is 0 Å². The number of hydrogen-bond acceptors (Lipinski definition) is 3. The van der Waals surface area contributed by atoms with Crippen molar-refractivity contribution in [2.75, 3.05) is 27.4 Å². The summed E-state index contributed by atoms with van der Waals surface area (Å²) in [4.78, 5) is 13.1. The molecule has 2 aliphatic rings. The molecule has 1 saturated carbocycles. The van der Waals surface area contributed by atoms with Gasteiger partial charge in [0.05, 0.1) is 20.1 Å². The van der Waals surface area contributed by atoms with Crippen LogP contribution in [0.15, 0.2) is 24.3 Å². The number of likely N-dealkylation sites (N-methyl/N-ethyl adjacent to an activating group) is 1. The summed E-state index contributed by atoms with van der Waals surface area (Å²) in [7, 11) is 4.42. The molecule has 0 saturated heterocycles. The second kappa shape index (κ2) is 7.28. The molecule has 0 bridgehead atoms. The second-order valence-corrected chi connectivity index (χ2v) is 8.86. The highest BCUT2D eigenvalue weighted by Crippen LogP contribution is 2.33. The first kappa shape index (κ1) is 19.1. The molecule has 1 aliphatic carbocycles. The van der Waals surface area contributed by atoms with Crippen LogP contribution in [0, 0.1) is 13.8 Å². The smallest absolute Gasteiger partial charge is 0.231 e. The average molecular weight is 384 g/mol. The minimum atomic E-state index is 0.252. The first-order chi connectivity index (χ1) is 13.3. The molecule has 0 atom stereocenters. The average Bonchev–Trinajstić information content (AvgIpc) is 3.38. The van der Waals surface area contributed by atoms with Crippen LogP contribution >= 0.6 is 0 Å². The molecule has 2 heterocycles. The van der Waals surface area contributed by atoms with E-state index in [0.717, 1.165) is 45.0 Å². The van der Waals surface area contributed by atoms with Crippen molar-refractivity contribution in [3.63, 3.8) is 0 Å². The Balaban J connectivity index is 1.53. The molecule has 5 heteroatoms. The highest BCUT2D eigenvalue weighted by atomic mass is 16.7. The number of Topliss-reactive ketones (excluding diaryl/α,β-unsaturated/α-hetero) is 1. The van der Waals surface area contributed by atoms with Gasteiger partial charge in [-0.1, -0.05) is 6.07 Å². The van der Waals surface area contributed by atoms with Crippen molar-refractivity contribution in [1.82, 2.24) is 4.57 Å². The summed E-state index contributed by atoms with van der Waals surface area (Å²) in [5, 5.41) is 0. The maximum Gasteiger partial charge on any atom is 0.231 e. The van der Waals surface area contributed by atoms with Gasteiger partial charge >= 0.3 is 0 Å². The maximum atomic E-state index is 13.1. The van der Waals surface area contributed by atoms with E-state index in [4.69, 9.17) is 9.47 Å². The first-order valence-electron chi connectivity index (χ1n) is 10.3. The van der Waals surface area contributed by atoms with Crippen LogP contribution in [-0.2, 0) is 6.54 Å². The molecule has 0 N–H and O–H groups in total. The van der Waals surface area contributed by atoms with E-state index < -0.39 is 0 Å². The van der Waals surface area contributed by atoms with E-state index in [2.05, 4.69) is 44.6 Å². The normalized spacial score (nSPS) is 16.7. The Labute approximate surface area is 167 Å². The predicted molar refractivity (Wildman–Crippen MR) is 109 cm³/mol. The van der Waals surface area contributed by atoms with Gasteiger partial charge in [0.2, 0.25) is 12.6 Å². The van der Waals surface area contributed by atoms with Crippen molar-refractivity contribution in [2.45, 2.75) is 52.1 Å². The molecule has 0 radical (unpaired) electrons. The third kappa shape index (κ3) is 3.55. The van der Waals surface area contributed by atoms with Gasteiger partial charge in [0.25, 0.3) is 0 Å². The maximum absolute atomic E-state index is 13.1. The van der Waals surface area contributed by atoms with Gasteiger partial charge in [0.15, 0.2) is 11.5 Å². The van der Waals surface area contributed by atoms with Gasteiger partial charge in [0.1, 0.15) is 6.54 Å². The summed E-state index contributed by atoms with van der Waals surface area (Å²) in [6.07, 6.45) is 5.07. The molecule has 150 valence electrons. The highest BCUT2D eigenvalue weighted by Gasteiger charge is 2.34. The Morgan fingerprint density at radius 2 is 1.82 bits per heavy atom. The zero-order valence-corrected chi connectivity index (χ0v) is 17.5. The quantitative estimate of drug-likeness (QED) is 0.557. The van der Waals surface area contributed by atoms with E-state index in [9.17, 15) is 4.79 Å². The largest absolute Gasteiger partial charge is 0.454 e. The molecule has 0 spiro atoms.